The number of amides is 2. The van der Waals surface area contributed by atoms with Gasteiger partial charge in [0.05, 0.1) is 5.02 Å². The molecule has 0 aliphatic carbocycles. The molecule has 0 aromatic heterocycles. The van der Waals surface area contributed by atoms with Crippen LogP contribution >= 0.6 is 11.6 Å². The third kappa shape index (κ3) is 4.08. The molecular weight excluding hydrogens is 356 g/mol. The molecular formula is C19H19ClN2O4. The third-order valence-electron chi connectivity index (χ3n) is 3.84. The highest BCUT2D eigenvalue weighted by Gasteiger charge is 2.19. The summed E-state index contributed by atoms with van der Waals surface area (Å²) in [6, 6.07) is 10.3. The Labute approximate surface area is 156 Å². The van der Waals surface area contributed by atoms with Gasteiger partial charge in [-0.3, -0.25) is 9.59 Å². The fourth-order valence-corrected chi connectivity index (χ4v) is 2.88. The van der Waals surface area contributed by atoms with Gasteiger partial charge in [0.1, 0.15) is 13.2 Å². The van der Waals surface area contributed by atoms with E-state index in [1.54, 1.807) is 30.3 Å². The fraction of sp³-hybridized carbons (Fsp3) is 0.263. The van der Waals surface area contributed by atoms with E-state index in [1.807, 2.05) is 13.0 Å². The van der Waals surface area contributed by atoms with Crippen molar-refractivity contribution in [1.82, 2.24) is 10.6 Å². The van der Waals surface area contributed by atoms with E-state index in [2.05, 4.69) is 10.6 Å². The highest BCUT2D eigenvalue weighted by Crippen LogP contribution is 2.38. The Kier molecular flexibility index (Phi) is 5.63. The molecule has 2 aromatic rings. The topological polar surface area (TPSA) is 76.7 Å². The molecule has 1 heterocycles. The molecule has 26 heavy (non-hydrogen) atoms. The number of hydrogen-bond donors (Lipinski definition) is 2. The smallest absolute Gasteiger partial charge is 0.251 e. The fourth-order valence-electron chi connectivity index (χ4n) is 2.61. The SMILES string of the molecule is CCNC(=O)c1cccc(CNC(=O)c2cc(Cl)c3c(c2)OCCO3)c1. The number of ether oxygens (including phenoxy) is 2. The predicted molar refractivity (Wildman–Crippen MR) is 98.1 cm³/mol. The van der Waals surface area contributed by atoms with Crippen molar-refractivity contribution in [1.29, 1.82) is 0 Å². The molecule has 1 aliphatic heterocycles. The first kappa shape index (κ1) is 18.1. The van der Waals surface area contributed by atoms with Gasteiger partial charge in [-0.15, -0.1) is 0 Å². The van der Waals surface area contributed by atoms with Crippen LogP contribution in [0.4, 0.5) is 0 Å². The van der Waals surface area contributed by atoms with Crippen molar-refractivity contribution < 1.29 is 19.1 Å². The van der Waals surface area contributed by atoms with Gasteiger partial charge in [0.15, 0.2) is 11.5 Å². The summed E-state index contributed by atoms with van der Waals surface area (Å²) in [5.74, 6) is 0.503. The van der Waals surface area contributed by atoms with E-state index in [9.17, 15) is 9.59 Å². The van der Waals surface area contributed by atoms with E-state index in [1.165, 1.54) is 0 Å². The first-order valence-electron chi connectivity index (χ1n) is 8.33. The predicted octanol–water partition coefficient (Wildman–Crippen LogP) is 2.79. The van der Waals surface area contributed by atoms with Gasteiger partial charge in [0, 0.05) is 24.2 Å². The number of carbonyl (C=O) groups excluding carboxylic acids is 2. The Hall–Kier alpha value is -2.73. The zero-order chi connectivity index (χ0) is 18.5. The van der Waals surface area contributed by atoms with E-state index in [0.717, 1.165) is 5.56 Å². The summed E-state index contributed by atoms with van der Waals surface area (Å²) < 4.78 is 10.9. The van der Waals surface area contributed by atoms with E-state index in [4.69, 9.17) is 21.1 Å². The molecule has 0 bridgehead atoms. The van der Waals surface area contributed by atoms with Crippen LogP contribution in [0.15, 0.2) is 36.4 Å². The molecule has 0 atom stereocenters. The molecule has 2 N–H and O–H groups in total. The Balaban J connectivity index is 1.69. The largest absolute Gasteiger partial charge is 0.486 e. The van der Waals surface area contributed by atoms with Crippen molar-refractivity contribution in [2.75, 3.05) is 19.8 Å². The van der Waals surface area contributed by atoms with Crippen LogP contribution in [-0.4, -0.2) is 31.6 Å². The summed E-state index contributed by atoms with van der Waals surface area (Å²) in [4.78, 5) is 24.3. The zero-order valence-electron chi connectivity index (χ0n) is 14.3. The van der Waals surface area contributed by atoms with Gasteiger partial charge in [-0.2, -0.15) is 0 Å². The first-order chi connectivity index (χ1) is 12.6. The molecule has 0 fully saturated rings. The van der Waals surface area contributed by atoms with Crippen molar-refractivity contribution in [3.05, 3.63) is 58.1 Å². The maximum absolute atomic E-state index is 12.4. The van der Waals surface area contributed by atoms with Gasteiger partial charge >= 0.3 is 0 Å². The molecule has 3 rings (SSSR count). The van der Waals surface area contributed by atoms with E-state index in [-0.39, 0.29) is 18.4 Å². The number of nitrogens with one attached hydrogen (secondary N) is 2. The molecule has 7 heteroatoms. The number of carbonyl (C=O) groups is 2. The van der Waals surface area contributed by atoms with Crippen molar-refractivity contribution in [2.45, 2.75) is 13.5 Å². The minimum Gasteiger partial charge on any atom is -0.486 e. The quantitative estimate of drug-likeness (QED) is 0.843. The van der Waals surface area contributed by atoms with Gasteiger partial charge in [-0.25, -0.2) is 0 Å². The second-order valence-electron chi connectivity index (χ2n) is 5.72. The average molecular weight is 375 g/mol. The summed E-state index contributed by atoms with van der Waals surface area (Å²) in [5, 5.41) is 5.91. The minimum absolute atomic E-state index is 0.140. The van der Waals surface area contributed by atoms with Crippen LogP contribution in [0, 0.1) is 0 Å². The van der Waals surface area contributed by atoms with Gasteiger partial charge in [0.2, 0.25) is 0 Å². The molecule has 0 saturated carbocycles. The van der Waals surface area contributed by atoms with Crippen LogP contribution in [0.5, 0.6) is 11.5 Å². The summed E-state index contributed by atoms with van der Waals surface area (Å²) >= 11 is 6.16. The lowest BCUT2D eigenvalue weighted by molar-refractivity contribution is 0.0946. The maximum Gasteiger partial charge on any atom is 0.251 e. The van der Waals surface area contributed by atoms with Crippen LogP contribution < -0.4 is 20.1 Å². The number of benzene rings is 2. The van der Waals surface area contributed by atoms with E-state index >= 15 is 0 Å². The monoisotopic (exact) mass is 374 g/mol. The number of hydrogen-bond acceptors (Lipinski definition) is 4. The maximum atomic E-state index is 12.4. The minimum atomic E-state index is -0.285. The Morgan fingerprint density at radius 3 is 2.62 bits per heavy atom. The first-order valence-corrected chi connectivity index (χ1v) is 8.70. The van der Waals surface area contributed by atoms with Gasteiger partial charge in [-0.1, -0.05) is 23.7 Å². The van der Waals surface area contributed by atoms with Gasteiger partial charge in [-0.05, 0) is 36.8 Å². The van der Waals surface area contributed by atoms with Crippen LogP contribution in [0.1, 0.15) is 33.2 Å². The van der Waals surface area contributed by atoms with Gasteiger partial charge in [0.25, 0.3) is 11.8 Å². The van der Waals surface area contributed by atoms with Crippen LogP contribution in [0.3, 0.4) is 0 Å². The molecule has 0 unspecified atom stereocenters. The Morgan fingerprint density at radius 2 is 1.81 bits per heavy atom. The summed E-state index contributed by atoms with van der Waals surface area (Å²) in [7, 11) is 0. The Morgan fingerprint density at radius 1 is 1.04 bits per heavy atom. The lowest BCUT2D eigenvalue weighted by Crippen LogP contribution is -2.25. The molecule has 1 aliphatic rings. The van der Waals surface area contributed by atoms with Crippen molar-refractivity contribution in [2.24, 2.45) is 0 Å². The summed E-state index contributed by atoms with van der Waals surface area (Å²) in [6.45, 7) is 3.56. The zero-order valence-corrected chi connectivity index (χ0v) is 15.1. The summed E-state index contributed by atoms with van der Waals surface area (Å²) in [6.07, 6.45) is 0. The second kappa shape index (κ2) is 8.10. The molecule has 136 valence electrons. The normalized spacial score (nSPS) is 12.4. The third-order valence-corrected chi connectivity index (χ3v) is 4.12. The van der Waals surface area contributed by atoms with E-state index < -0.39 is 0 Å². The Bertz CT molecular complexity index is 838. The number of rotatable bonds is 5. The molecule has 0 radical (unpaired) electrons. The lowest BCUT2D eigenvalue weighted by Gasteiger charge is -2.20. The van der Waals surface area contributed by atoms with Crippen molar-refractivity contribution >= 4 is 23.4 Å². The molecule has 0 spiro atoms. The second-order valence-corrected chi connectivity index (χ2v) is 6.13. The van der Waals surface area contributed by atoms with Gasteiger partial charge < -0.3 is 20.1 Å². The number of fused-ring (bicyclic) bond motifs is 1. The molecule has 0 saturated heterocycles. The number of halogens is 1. The van der Waals surface area contributed by atoms with Crippen molar-refractivity contribution in [3.8, 4) is 11.5 Å². The highest BCUT2D eigenvalue weighted by atomic mass is 35.5. The van der Waals surface area contributed by atoms with Crippen molar-refractivity contribution in [3.63, 3.8) is 0 Å². The molecule has 2 aromatic carbocycles. The van der Waals surface area contributed by atoms with Crippen LogP contribution in [0.25, 0.3) is 0 Å². The lowest BCUT2D eigenvalue weighted by atomic mass is 10.1. The standard InChI is InChI=1S/C19H19ClN2O4/c1-2-21-18(23)13-5-3-4-12(8-13)11-22-19(24)14-9-15(20)17-16(10-14)25-6-7-26-17/h3-5,8-10H,2,6-7,11H2,1H3,(H,21,23)(H,22,24). The molecule has 6 nitrogen and oxygen atoms in total. The van der Waals surface area contributed by atoms with Crippen LogP contribution in [-0.2, 0) is 6.54 Å². The molecule has 2 amide bonds. The average Bonchev–Trinajstić information content (AvgIpc) is 2.66. The summed E-state index contributed by atoms with van der Waals surface area (Å²) in [5.41, 5.74) is 1.77. The highest BCUT2D eigenvalue weighted by molar-refractivity contribution is 6.32. The van der Waals surface area contributed by atoms with E-state index in [0.29, 0.717) is 47.4 Å². The van der Waals surface area contributed by atoms with Crippen LogP contribution in [0.2, 0.25) is 5.02 Å².